The maximum Gasteiger partial charge on any atom is 0.262 e. The lowest BCUT2D eigenvalue weighted by Gasteiger charge is -2.23. The van der Waals surface area contributed by atoms with E-state index in [4.69, 9.17) is 11.6 Å². The summed E-state index contributed by atoms with van der Waals surface area (Å²) in [5.74, 6) is -1.02. The number of hydrogen-bond acceptors (Lipinski definition) is 2. The van der Waals surface area contributed by atoms with Gasteiger partial charge in [-0.05, 0) is 47.9 Å². The molecule has 1 heterocycles. The Hall–Kier alpha value is -2.98. The molecule has 0 spiro atoms. The van der Waals surface area contributed by atoms with Gasteiger partial charge in [-0.1, -0.05) is 54.1 Å². The van der Waals surface area contributed by atoms with E-state index in [1.54, 1.807) is 36.4 Å². The highest BCUT2D eigenvalue weighted by Gasteiger charge is 2.38. The minimum absolute atomic E-state index is 0.0657. The van der Waals surface area contributed by atoms with Crippen LogP contribution in [0.25, 0.3) is 11.1 Å². The van der Waals surface area contributed by atoms with Crippen molar-refractivity contribution in [1.82, 2.24) is 4.90 Å². The van der Waals surface area contributed by atoms with Gasteiger partial charge in [-0.25, -0.2) is 4.39 Å². The van der Waals surface area contributed by atoms with E-state index < -0.39 is 11.9 Å². The van der Waals surface area contributed by atoms with Crippen molar-refractivity contribution in [2.24, 2.45) is 0 Å². The first-order chi connectivity index (χ1) is 13.0. The van der Waals surface area contributed by atoms with Crippen molar-refractivity contribution >= 4 is 23.4 Å². The molecule has 0 radical (unpaired) electrons. The van der Waals surface area contributed by atoms with Crippen LogP contribution in [0.15, 0.2) is 66.7 Å². The van der Waals surface area contributed by atoms with E-state index in [0.717, 1.165) is 16.7 Å². The molecule has 0 aromatic heterocycles. The Morgan fingerprint density at radius 2 is 1.41 bits per heavy atom. The largest absolute Gasteiger partial charge is 0.269 e. The fourth-order valence-corrected chi connectivity index (χ4v) is 3.52. The van der Waals surface area contributed by atoms with Crippen LogP contribution in [0.2, 0.25) is 5.02 Å². The number of hydrogen-bond donors (Lipinski definition) is 0. The summed E-state index contributed by atoms with van der Waals surface area (Å²) in [6.45, 7) is 1.82. The van der Waals surface area contributed by atoms with Gasteiger partial charge in [0, 0.05) is 0 Å². The molecule has 3 aromatic rings. The van der Waals surface area contributed by atoms with E-state index in [0.29, 0.717) is 11.1 Å². The smallest absolute Gasteiger partial charge is 0.262 e. The van der Waals surface area contributed by atoms with Crippen LogP contribution in [0.4, 0.5) is 4.39 Å². The maximum atomic E-state index is 13.3. The number of amides is 2. The van der Waals surface area contributed by atoms with Gasteiger partial charge in [0.05, 0.1) is 22.2 Å². The first-order valence-electron chi connectivity index (χ1n) is 8.49. The van der Waals surface area contributed by atoms with Crippen molar-refractivity contribution in [1.29, 1.82) is 0 Å². The molecular formula is C22H15ClFNO2. The van der Waals surface area contributed by atoms with Crippen LogP contribution in [0, 0.1) is 5.82 Å². The number of carbonyl (C=O) groups excluding carboxylic acids is 2. The molecule has 3 nitrogen and oxygen atoms in total. The zero-order valence-electron chi connectivity index (χ0n) is 14.4. The third kappa shape index (κ3) is 2.92. The SMILES string of the molecule is CC(c1ccc(-c2ccc(F)c(Cl)c2)cc1)N1C(=O)c2ccccc2C1=O. The summed E-state index contributed by atoms with van der Waals surface area (Å²) in [6.07, 6.45) is 0. The highest BCUT2D eigenvalue weighted by molar-refractivity contribution is 6.31. The predicted octanol–water partition coefficient (Wildman–Crippen LogP) is 5.50. The molecule has 1 aliphatic heterocycles. The second kappa shape index (κ2) is 6.63. The lowest BCUT2D eigenvalue weighted by molar-refractivity contribution is 0.0595. The Kier molecular flexibility index (Phi) is 4.28. The molecule has 27 heavy (non-hydrogen) atoms. The summed E-state index contributed by atoms with van der Waals surface area (Å²) in [6, 6.07) is 18.5. The van der Waals surface area contributed by atoms with Crippen molar-refractivity contribution < 1.29 is 14.0 Å². The van der Waals surface area contributed by atoms with E-state index in [9.17, 15) is 14.0 Å². The van der Waals surface area contributed by atoms with Gasteiger partial charge in [0.2, 0.25) is 0 Å². The van der Waals surface area contributed by atoms with Crippen LogP contribution in [-0.2, 0) is 0 Å². The van der Waals surface area contributed by atoms with Crippen LogP contribution in [0.1, 0.15) is 39.2 Å². The monoisotopic (exact) mass is 379 g/mol. The second-order valence-corrected chi connectivity index (χ2v) is 6.86. The van der Waals surface area contributed by atoms with Crippen LogP contribution >= 0.6 is 11.6 Å². The minimum atomic E-state index is -0.462. The van der Waals surface area contributed by atoms with Crippen LogP contribution in [-0.4, -0.2) is 16.7 Å². The van der Waals surface area contributed by atoms with Gasteiger partial charge < -0.3 is 0 Å². The van der Waals surface area contributed by atoms with E-state index in [1.165, 1.54) is 11.0 Å². The molecule has 0 fully saturated rings. The van der Waals surface area contributed by atoms with Crippen molar-refractivity contribution in [2.45, 2.75) is 13.0 Å². The first kappa shape index (κ1) is 17.4. The van der Waals surface area contributed by atoms with Gasteiger partial charge >= 0.3 is 0 Å². The lowest BCUT2D eigenvalue weighted by Crippen LogP contribution is -2.32. The Balaban J connectivity index is 1.62. The summed E-state index contributed by atoms with van der Waals surface area (Å²) < 4.78 is 13.3. The van der Waals surface area contributed by atoms with Gasteiger partial charge in [0.1, 0.15) is 5.82 Å². The van der Waals surface area contributed by atoms with E-state index in [-0.39, 0.29) is 16.8 Å². The zero-order chi connectivity index (χ0) is 19.1. The van der Waals surface area contributed by atoms with Gasteiger partial charge in [0.25, 0.3) is 11.8 Å². The topological polar surface area (TPSA) is 37.4 Å². The number of benzene rings is 3. The average molecular weight is 380 g/mol. The van der Waals surface area contributed by atoms with Gasteiger partial charge in [0.15, 0.2) is 0 Å². The maximum absolute atomic E-state index is 13.3. The van der Waals surface area contributed by atoms with Crippen molar-refractivity contribution in [3.05, 3.63) is 94.3 Å². The number of rotatable bonds is 3. The van der Waals surface area contributed by atoms with Crippen molar-refractivity contribution in [2.75, 3.05) is 0 Å². The van der Waals surface area contributed by atoms with Crippen LogP contribution in [0.5, 0.6) is 0 Å². The molecule has 0 saturated heterocycles. The Morgan fingerprint density at radius 3 is 1.96 bits per heavy atom. The molecule has 0 N–H and O–H groups in total. The zero-order valence-corrected chi connectivity index (χ0v) is 15.2. The Bertz CT molecular complexity index is 1030. The molecule has 1 atom stereocenters. The van der Waals surface area contributed by atoms with Gasteiger partial charge in [-0.15, -0.1) is 0 Å². The molecule has 134 valence electrons. The molecule has 1 aliphatic rings. The van der Waals surface area contributed by atoms with Gasteiger partial charge in [-0.3, -0.25) is 14.5 Å². The van der Waals surface area contributed by atoms with E-state index in [1.807, 2.05) is 31.2 Å². The lowest BCUT2D eigenvalue weighted by atomic mass is 10.0. The molecule has 4 rings (SSSR count). The van der Waals surface area contributed by atoms with E-state index >= 15 is 0 Å². The van der Waals surface area contributed by atoms with E-state index in [2.05, 4.69) is 0 Å². The standard InChI is InChI=1S/C22H15ClFNO2/c1-13(25-21(26)17-4-2-3-5-18(17)22(25)27)14-6-8-15(9-7-14)16-10-11-20(24)19(23)12-16/h2-13H,1H3. The minimum Gasteiger partial charge on any atom is -0.269 e. The fraction of sp³-hybridized carbons (Fsp3) is 0.0909. The molecule has 0 aliphatic carbocycles. The summed E-state index contributed by atoms with van der Waals surface area (Å²) >= 11 is 5.85. The summed E-state index contributed by atoms with van der Waals surface area (Å²) in [5, 5.41) is 0.0657. The number of fused-ring (bicyclic) bond motifs is 1. The van der Waals surface area contributed by atoms with Gasteiger partial charge in [-0.2, -0.15) is 0 Å². The predicted molar refractivity (Wildman–Crippen MR) is 102 cm³/mol. The average Bonchev–Trinajstić information content (AvgIpc) is 2.94. The quantitative estimate of drug-likeness (QED) is 0.563. The fourth-order valence-electron chi connectivity index (χ4n) is 3.34. The second-order valence-electron chi connectivity index (χ2n) is 6.45. The molecule has 0 saturated carbocycles. The van der Waals surface area contributed by atoms with Crippen molar-refractivity contribution in [3.8, 4) is 11.1 Å². The number of nitrogens with zero attached hydrogens (tertiary/aromatic N) is 1. The molecule has 5 heteroatoms. The van der Waals surface area contributed by atoms with Crippen molar-refractivity contribution in [3.63, 3.8) is 0 Å². The summed E-state index contributed by atoms with van der Waals surface area (Å²) in [5.41, 5.74) is 3.37. The first-order valence-corrected chi connectivity index (χ1v) is 8.87. The third-order valence-corrected chi connectivity index (χ3v) is 5.15. The normalized spacial score (nSPS) is 14.4. The summed E-state index contributed by atoms with van der Waals surface area (Å²) in [7, 11) is 0. The molecule has 0 bridgehead atoms. The number of carbonyl (C=O) groups is 2. The Labute approximate surface area is 161 Å². The number of halogens is 2. The molecule has 2 amide bonds. The van der Waals surface area contributed by atoms with Crippen LogP contribution in [0.3, 0.4) is 0 Å². The molecule has 1 unspecified atom stereocenters. The molecule has 3 aromatic carbocycles. The third-order valence-electron chi connectivity index (χ3n) is 4.86. The number of imide groups is 1. The Morgan fingerprint density at radius 1 is 0.852 bits per heavy atom. The van der Waals surface area contributed by atoms with Crippen LogP contribution < -0.4 is 0 Å². The molecular weight excluding hydrogens is 365 g/mol. The highest BCUT2D eigenvalue weighted by Crippen LogP contribution is 2.32. The highest BCUT2D eigenvalue weighted by atomic mass is 35.5. The summed E-state index contributed by atoms with van der Waals surface area (Å²) in [4.78, 5) is 26.6.